The Kier molecular flexibility index (Phi) is 2.44. The van der Waals surface area contributed by atoms with Crippen LogP contribution in [-0.2, 0) is 9.84 Å². The molecule has 1 aromatic carbocycles. The van der Waals surface area contributed by atoms with Gasteiger partial charge in [0.2, 0.25) is 0 Å². The van der Waals surface area contributed by atoms with Crippen LogP contribution in [-0.4, -0.2) is 19.4 Å². The number of rotatable bonds is 2. The van der Waals surface area contributed by atoms with E-state index in [0.29, 0.717) is 0 Å². The van der Waals surface area contributed by atoms with Gasteiger partial charge in [-0.25, -0.2) is 8.42 Å². The zero-order chi connectivity index (χ0) is 10.1. The van der Waals surface area contributed by atoms with Crippen molar-refractivity contribution in [2.75, 3.05) is 11.6 Å². The Hall–Kier alpha value is -1.27. The van der Waals surface area contributed by atoms with E-state index in [9.17, 15) is 8.42 Å². The van der Waals surface area contributed by atoms with Crippen LogP contribution in [0.5, 0.6) is 5.75 Å². The number of hydrogen-bond donors (Lipinski definition) is 3. The van der Waals surface area contributed by atoms with Gasteiger partial charge in [-0.3, -0.25) is 0 Å². The monoisotopic (exact) mass is 202 g/mol. The normalized spacial score (nSPS) is 11.5. The van der Waals surface area contributed by atoms with Crippen molar-refractivity contribution in [3.05, 3.63) is 18.2 Å². The van der Waals surface area contributed by atoms with Gasteiger partial charge in [0.1, 0.15) is 11.6 Å². The number of phenolic OH excluding ortho intramolecular Hbond substituents is 1. The molecule has 0 heterocycles. The number of nitrogen functional groups attached to an aromatic ring is 1. The second kappa shape index (κ2) is 3.23. The molecule has 0 bridgehead atoms. The molecule has 72 valence electrons. The summed E-state index contributed by atoms with van der Waals surface area (Å²) < 4.78 is 22.4. The van der Waals surface area contributed by atoms with E-state index in [1.165, 1.54) is 18.2 Å². The number of phenols is 1. The Labute approximate surface area is 75.9 Å². The summed E-state index contributed by atoms with van der Waals surface area (Å²) in [5.41, 5.74) is 10.4. The highest BCUT2D eigenvalue weighted by atomic mass is 32.2. The molecule has 0 spiro atoms. The van der Waals surface area contributed by atoms with Gasteiger partial charge in [0.15, 0.2) is 9.84 Å². The third-order valence-corrected chi connectivity index (χ3v) is 2.99. The van der Waals surface area contributed by atoms with Crippen molar-refractivity contribution >= 4 is 15.5 Å². The number of sulfone groups is 1. The van der Waals surface area contributed by atoms with Gasteiger partial charge in [-0.2, -0.15) is 0 Å². The highest BCUT2D eigenvalue weighted by Crippen LogP contribution is 2.23. The van der Waals surface area contributed by atoms with Gasteiger partial charge in [-0.1, -0.05) is 0 Å². The number of aromatic hydroxyl groups is 1. The van der Waals surface area contributed by atoms with Crippen LogP contribution in [0.3, 0.4) is 0 Å². The highest BCUT2D eigenvalue weighted by Gasteiger charge is 2.12. The smallest absolute Gasteiger partial charge is 0.191 e. The maximum absolute atomic E-state index is 11.2. The minimum Gasteiger partial charge on any atom is -0.506 e. The van der Waals surface area contributed by atoms with Gasteiger partial charge in [-0.15, -0.1) is 0 Å². The van der Waals surface area contributed by atoms with Crippen LogP contribution < -0.4 is 11.5 Å². The first-order valence-electron chi connectivity index (χ1n) is 3.48. The summed E-state index contributed by atoms with van der Waals surface area (Å²) >= 11 is 0. The molecule has 0 fully saturated rings. The molecular formula is C7H10N2O3S. The van der Waals surface area contributed by atoms with Crippen molar-refractivity contribution in [2.24, 2.45) is 5.73 Å². The van der Waals surface area contributed by atoms with Crippen LogP contribution in [0.4, 0.5) is 5.69 Å². The lowest BCUT2D eigenvalue weighted by Crippen LogP contribution is -2.14. The summed E-state index contributed by atoms with van der Waals surface area (Å²) in [5, 5.41) is 9.03. The fourth-order valence-corrected chi connectivity index (χ4v) is 1.60. The summed E-state index contributed by atoms with van der Waals surface area (Å²) in [6, 6.07) is 3.66. The Morgan fingerprint density at radius 3 is 2.46 bits per heavy atom. The van der Waals surface area contributed by atoms with Crippen molar-refractivity contribution in [1.29, 1.82) is 0 Å². The fraction of sp³-hybridized carbons (Fsp3) is 0.143. The lowest BCUT2D eigenvalue weighted by atomic mass is 10.3. The molecule has 0 amide bonds. The molecule has 1 rings (SSSR count). The molecule has 0 aliphatic heterocycles. The van der Waals surface area contributed by atoms with E-state index in [1.54, 1.807) is 0 Å². The van der Waals surface area contributed by atoms with Crippen molar-refractivity contribution in [2.45, 2.75) is 4.90 Å². The maximum atomic E-state index is 11.2. The molecule has 0 unspecified atom stereocenters. The standard InChI is InChI=1S/C7H10N2O3S/c8-4-13(11,12)5-1-2-7(10)6(9)3-5/h1-3,10H,4,8-9H2. The van der Waals surface area contributed by atoms with Crippen LogP contribution in [0.1, 0.15) is 0 Å². The Morgan fingerprint density at radius 2 is 2.00 bits per heavy atom. The maximum Gasteiger partial charge on any atom is 0.191 e. The van der Waals surface area contributed by atoms with Crippen LogP contribution in [0.15, 0.2) is 23.1 Å². The topological polar surface area (TPSA) is 106 Å². The summed E-state index contributed by atoms with van der Waals surface area (Å²) in [7, 11) is -3.45. The van der Waals surface area contributed by atoms with E-state index in [0.717, 1.165) is 0 Å². The lowest BCUT2D eigenvalue weighted by molar-refractivity contribution is 0.477. The first kappa shape index (κ1) is 9.82. The van der Waals surface area contributed by atoms with Gasteiger partial charge < -0.3 is 16.6 Å². The first-order valence-corrected chi connectivity index (χ1v) is 5.14. The number of nitrogens with two attached hydrogens (primary N) is 2. The molecule has 0 saturated carbocycles. The molecule has 0 saturated heterocycles. The van der Waals surface area contributed by atoms with Crippen molar-refractivity contribution in [3.8, 4) is 5.75 Å². The molecule has 5 N–H and O–H groups in total. The molecule has 0 aromatic heterocycles. The quantitative estimate of drug-likeness (QED) is 0.449. The molecule has 6 heteroatoms. The number of anilines is 1. The predicted octanol–water partition coefficient (Wildman–Crippen LogP) is -0.336. The molecule has 0 aliphatic rings. The van der Waals surface area contributed by atoms with Gasteiger partial charge >= 0.3 is 0 Å². The van der Waals surface area contributed by atoms with E-state index in [2.05, 4.69) is 0 Å². The largest absolute Gasteiger partial charge is 0.506 e. The molecular weight excluding hydrogens is 192 g/mol. The zero-order valence-corrected chi connectivity index (χ0v) is 7.58. The summed E-state index contributed by atoms with van der Waals surface area (Å²) in [6.45, 7) is 0. The minimum atomic E-state index is -3.45. The van der Waals surface area contributed by atoms with Gasteiger partial charge in [-0.05, 0) is 18.2 Å². The van der Waals surface area contributed by atoms with Gasteiger partial charge in [0.25, 0.3) is 0 Å². The number of benzene rings is 1. The molecule has 0 aliphatic carbocycles. The zero-order valence-electron chi connectivity index (χ0n) is 6.77. The summed E-state index contributed by atoms with van der Waals surface area (Å²) in [6.07, 6.45) is 0. The second-order valence-electron chi connectivity index (χ2n) is 2.50. The van der Waals surface area contributed by atoms with E-state index in [4.69, 9.17) is 16.6 Å². The highest BCUT2D eigenvalue weighted by molar-refractivity contribution is 7.91. The van der Waals surface area contributed by atoms with Crippen LogP contribution >= 0.6 is 0 Å². The molecule has 0 radical (unpaired) electrons. The third kappa shape index (κ3) is 1.90. The molecule has 5 nitrogen and oxygen atoms in total. The SMILES string of the molecule is NCS(=O)(=O)c1ccc(O)c(N)c1. The van der Waals surface area contributed by atoms with Gasteiger partial charge in [0.05, 0.1) is 10.6 Å². The van der Waals surface area contributed by atoms with Crippen molar-refractivity contribution in [1.82, 2.24) is 0 Å². The van der Waals surface area contributed by atoms with Crippen LogP contribution in [0.25, 0.3) is 0 Å². The van der Waals surface area contributed by atoms with Crippen molar-refractivity contribution < 1.29 is 13.5 Å². The first-order chi connectivity index (χ1) is 5.97. The van der Waals surface area contributed by atoms with Crippen molar-refractivity contribution in [3.63, 3.8) is 0 Å². The second-order valence-corrected chi connectivity index (χ2v) is 4.54. The third-order valence-electron chi connectivity index (χ3n) is 1.58. The van der Waals surface area contributed by atoms with Crippen LogP contribution in [0.2, 0.25) is 0 Å². The fourth-order valence-electron chi connectivity index (χ4n) is 0.822. The molecule has 13 heavy (non-hydrogen) atoms. The summed E-state index contributed by atoms with van der Waals surface area (Å²) in [4.78, 5) is 0.0188. The van der Waals surface area contributed by atoms with E-state index >= 15 is 0 Å². The lowest BCUT2D eigenvalue weighted by Gasteiger charge is -2.03. The average Bonchev–Trinajstić information content (AvgIpc) is 2.09. The average molecular weight is 202 g/mol. The summed E-state index contributed by atoms with van der Waals surface area (Å²) in [5.74, 6) is -0.618. The number of hydrogen-bond acceptors (Lipinski definition) is 5. The Bertz CT molecular complexity index is 414. The molecule has 0 atom stereocenters. The minimum absolute atomic E-state index is 0.0188. The van der Waals surface area contributed by atoms with E-state index in [1.807, 2.05) is 0 Å². The Morgan fingerprint density at radius 1 is 1.38 bits per heavy atom. The van der Waals surface area contributed by atoms with E-state index in [-0.39, 0.29) is 16.3 Å². The Balaban J connectivity index is 3.27. The van der Waals surface area contributed by atoms with E-state index < -0.39 is 15.7 Å². The molecule has 1 aromatic rings. The van der Waals surface area contributed by atoms with Gasteiger partial charge in [0, 0.05) is 0 Å². The predicted molar refractivity (Wildman–Crippen MR) is 48.8 cm³/mol. The van der Waals surface area contributed by atoms with Crippen LogP contribution in [0, 0.1) is 0 Å².